The number of aryl methyl sites for hydroxylation is 1. The molecule has 1 fully saturated rings. The number of carbonyl (C=O) groups excluding carboxylic acids is 2. The number of fused-ring (bicyclic) bond motifs is 1. The van der Waals surface area contributed by atoms with Gasteiger partial charge < -0.3 is 29.9 Å². The highest BCUT2D eigenvalue weighted by atomic mass is 16.5. The van der Waals surface area contributed by atoms with Crippen molar-refractivity contribution in [3.8, 4) is 11.5 Å². The lowest BCUT2D eigenvalue weighted by atomic mass is 10.1. The van der Waals surface area contributed by atoms with Gasteiger partial charge in [-0.2, -0.15) is 0 Å². The van der Waals surface area contributed by atoms with Crippen molar-refractivity contribution >= 4 is 34.5 Å². The number of nitrogens with one attached hydrogen (secondary N) is 2. The molecule has 0 atom stereocenters. The molecule has 11 nitrogen and oxygen atoms in total. The number of amides is 2. The van der Waals surface area contributed by atoms with E-state index >= 15 is 0 Å². The smallest absolute Gasteiger partial charge is 0.269 e. The number of aliphatic hydroxyl groups is 1. The van der Waals surface area contributed by atoms with E-state index in [2.05, 4.69) is 20.5 Å². The third-order valence-electron chi connectivity index (χ3n) is 6.74. The normalized spacial score (nSPS) is 13.9. The van der Waals surface area contributed by atoms with Gasteiger partial charge in [-0.25, -0.2) is 4.98 Å². The highest BCUT2D eigenvalue weighted by Gasteiger charge is 2.22. The Hall–Kier alpha value is -4.48. The van der Waals surface area contributed by atoms with Gasteiger partial charge >= 0.3 is 0 Å². The number of β-amino-alcohol motifs (C(OH)–C–C–N with tert-alkyl or cyclic N) is 1. The number of hydrogen-bond acceptors (Lipinski definition) is 8. The van der Waals surface area contributed by atoms with Gasteiger partial charge in [0, 0.05) is 76.4 Å². The van der Waals surface area contributed by atoms with E-state index in [0.717, 1.165) is 29.8 Å². The molecule has 1 aliphatic rings. The number of ether oxygens (including phenoxy) is 1. The summed E-state index contributed by atoms with van der Waals surface area (Å²) in [6, 6.07) is 16.3. The summed E-state index contributed by atoms with van der Waals surface area (Å²) < 4.78 is 7.90. The molecular weight excluding hydrogens is 498 g/mol. The van der Waals surface area contributed by atoms with Crippen LogP contribution in [0.2, 0.25) is 0 Å². The quantitative estimate of drug-likeness (QED) is 0.318. The average molecular weight is 530 g/mol. The number of imidazole rings is 1. The molecule has 1 aliphatic heterocycles. The molecule has 0 spiro atoms. The highest BCUT2D eigenvalue weighted by molar-refractivity contribution is 5.95. The van der Waals surface area contributed by atoms with Crippen molar-refractivity contribution < 1.29 is 19.4 Å². The Bertz CT molecular complexity index is 1480. The molecule has 202 valence electrons. The fourth-order valence-electron chi connectivity index (χ4n) is 4.54. The lowest BCUT2D eigenvalue weighted by Crippen LogP contribution is -2.49. The first-order valence-corrected chi connectivity index (χ1v) is 12.8. The Labute approximate surface area is 226 Å². The molecule has 3 N–H and O–H groups in total. The van der Waals surface area contributed by atoms with Gasteiger partial charge in [0.25, 0.3) is 11.8 Å². The van der Waals surface area contributed by atoms with Crippen molar-refractivity contribution in [3.63, 3.8) is 0 Å². The third-order valence-corrected chi connectivity index (χ3v) is 6.74. The van der Waals surface area contributed by atoms with Crippen LogP contribution in [0.3, 0.4) is 0 Å². The standard InChI is InChI=1S/C28H31N7O4/c1-29-26(37)24-18-22(9-10-30-24)39-21-7-8-25-23(17-21)32-28(33(25)2)31-20-5-3-19(4-6-20)27(38)35-13-11-34(12-14-35)15-16-36/h3-10,17-18,36H,11-16H2,1-2H3,(H,29,37)(H,31,32). The van der Waals surface area contributed by atoms with Crippen LogP contribution in [0.4, 0.5) is 11.6 Å². The van der Waals surface area contributed by atoms with E-state index in [9.17, 15) is 9.59 Å². The maximum Gasteiger partial charge on any atom is 0.269 e. The summed E-state index contributed by atoms with van der Waals surface area (Å²) in [5, 5.41) is 15.0. The second-order valence-electron chi connectivity index (χ2n) is 9.26. The number of piperazine rings is 1. The SMILES string of the molecule is CNC(=O)c1cc(Oc2ccc3c(c2)nc(Nc2ccc(C(=O)N4CCN(CCO)CC4)cc2)n3C)ccn1. The van der Waals surface area contributed by atoms with Crippen molar-refractivity contribution in [2.75, 3.05) is 51.7 Å². The topological polar surface area (TPSA) is 125 Å². The molecule has 39 heavy (non-hydrogen) atoms. The largest absolute Gasteiger partial charge is 0.457 e. The van der Waals surface area contributed by atoms with Crippen molar-refractivity contribution in [2.45, 2.75) is 0 Å². The zero-order valence-electron chi connectivity index (χ0n) is 21.9. The van der Waals surface area contributed by atoms with E-state index in [1.807, 2.05) is 59.0 Å². The summed E-state index contributed by atoms with van der Waals surface area (Å²) in [6.07, 6.45) is 1.53. The summed E-state index contributed by atoms with van der Waals surface area (Å²) >= 11 is 0. The van der Waals surface area contributed by atoms with Crippen LogP contribution in [0.25, 0.3) is 11.0 Å². The third kappa shape index (κ3) is 5.84. The van der Waals surface area contributed by atoms with E-state index in [0.29, 0.717) is 42.6 Å². The van der Waals surface area contributed by atoms with E-state index < -0.39 is 0 Å². The minimum absolute atomic E-state index is 0.0112. The summed E-state index contributed by atoms with van der Waals surface area (Å²) in [4.78, 5) is 37.6. The van der Waals surface area contributed by atoms with Crippen LogP contribution in [0.15, 0.2) is 60.8 Å². The van der Waals surface area contributed by atoms with Crippen molar-refractivity contribution in [1.82, 2.24) is 29.7 Å². The monoisotopic (exact) mass is 529 g/mol. The Morgan fingerprint density at radius 2 is 1.74 bits per heavy atom. The summed E-state index contributed by atoms with van der Waals surface area (Å²) in [5.74, 6) is 1.45. The van der Waals surface area contributed by atoms with Crippen LogP contribution in [0, 0.1) is 0 Å². The number of benzene rings is 2. The molecule has 2 aromatic carbocycles. The number of aliphatic hydroxyl groups excluding tert-OH is 1. The maximum atomic E-state index is 12.9. The van der Waals surface area contributed by atoms with Gasteiger partial charge in [-0.3, -0.25) is 19.5 Å². The average Bonchev–Trinajstić information content (AvgIpc) is 3.27. The Morgan fingerprint density at radius 1 is 1.00 bits per heavy atom. The molecule has 0 radical (unpaired) electrons. The maximum absolute atomic E-state index is 12.9. The van der Waals surface area contributed by atoms with E-state index in [4.69, 9.17) is 14.8 Å². The minimum Gasteiger partial charge on any atom is -0.457 e. The van der Waals surface area contributed by atoms with Gasteiger partial charge in [0.15, 0.2) is 0 Å². The molecule has 0 bridgehead atoms. The molecule has 0 aliphatic carbocycles. The van der Waals surface area contributed by atoms with E-state index in [-0.39, 0.29) is 24.1 Å². The highest BCUT2D eigenvalue weighted by Crippen LogP contribution is 2.28. The zero-order valence-corrected chi connectivity index (χ0v) is 21.9. The predicted octanol–water partition coefficient (Wildman–Crippen LogP) is 2.61. The molecule has 2 aromatic heterocycles. The fourth-order valence-corrected chi connectivity index (χ4v) is 4.54. The summed E-state index contributed by atoms with van der Waals surface area (Å²) in [7, 11) is 3.47. The number of nitrogens with zero attached hydrogens (tertiary/aromatic N) is 5. The molecular formula is C28H31N7O4. The van der Waals surface area contributed by atoms with Crippen LogP contribution in [0.1, 0.15) is 20.8 Å². The van der Waals surface area contributed by atoms with Crippen molar-refractivity contribution in [2.24, 2.45) is 7.05 Å². The number of carbonyl (C=O) groups is 2. The van der Waals surface area contributed by atoms with Crippen LogP contribution in [0.5, 0.6) is 11.5 Å². The Balaban J connectivity index is 1.26. The molecule has 2 amide bonds. The van der Waals surface area contributed by atoms with E-state index in [1.54, 1.807) is 19.2 Å². The number of anilines is 2. The molecule has 0 unspecified atom stereocenters. The van der Waals surface area contributed by atoms with Crippen LogP contribution in [-0.2, 0) is 7.05 Å². The molecule has 0 saturated carbocycles. The van der Waals surface area contributed by atoms with Gasteiger partial charge in [-0.1, -0.05) is 0 Å². The van der Waals surface area contributed by atoms with Crippen LogP contribution < -0.4 is 15.4 Å². The minimum atomic E-state index is -0.286. The lowest BCUT2D eigenvalue weighted by Gasteiger charge is -2.34. The predicted molar refractivity (Wildman–Crippen MR) is 148 cm³/mol. The Kier molecular flexibility index (Phi) is 7.71. The number of pyridine rings is 1. The summed E-state index contributed by atoms with van der Waals surface area (Å²) in [6.45, 7) is 3.62. The second kappa shape index (κ2) is 11.5. The lowest BCUT2D eigenvalue weighted by molar-refractivity contribution is 0.0615. The van der Waals surface area contributed by atoms with Gasteiger partial charge in [-0.05, 0) is 42.5 Å². The van der Waals surface area contributed by atoms with E-state index in [1.165, 1.54) is 6.20 Å². The first-order valence-electron chi connectivity index (χ1n) is 12.8. The van der Waals surface area contributed by atoms with Gasteiger partial charge in [0.2, 0.25) is 5.95 Å². The van der Waals surface area contributed by atoms with Gasteiger partial charge in [-0.15, -0.1) is 0 Å². The van der Waals surface area contributed by atoms with Crippen molar-refractivity contribution in [1.29, 1.82) is 0 Å². The number of rotatable bonds is 8. The molecule has 5 rings (SSSR count). The fraction of sp³-hybridized carbons (Fsp3) is 0.286. The van der Waals surface area contributed by atoms with Gasteiger partial charge in [0.1, 0.15) is 17.2 Å². The first-order chi connectivity index (χ1) is 18.9. The second-order valence-corrected chi connectivity index (χ2v) is 9.26. The first kappa shape index (κ1) is 26.1. The molecule has 4 aromatic rings. The van der Waals surface area contributed by atoms with Gasteiger partial charge in [0.05, 0.1) is 17.6 Å². The molecule has 3 heterocycles. The molecule has 1 saturated heterocycles. The van der Waals surface area contributed by atoms with Crippen LogP contribution >= 0.6 is 0 Å². The molecule has 11 heteroatoms. The number of hydrogen-bond donors (Lipinski definition) is 3. The zero-order chi connectivity index (χ0) is 27.4. The summed E-state index contributed by atoms with van der Waals surface area (Å²) in [5.41, 5.74) is 3.38. The van der Waals surface area contributed by atoms with Crippen LogP contribution in [-0.4, -0.2) is 87.6 Å². The Morgan fingerprint density at radius 3 is 2.46 bits per heavy atom. The number of aromatic nitrogens is 3. The van der Waals surface area contributed by atoms with Crippen molar-refractivity contribution in [3.05, 3.63) is 72.1 Å².